The van der Waals surface area contributed by atoms with Gasteiger partial charge >= 0.3 is 0 Å². The van der Waals surface area contributed by atoms with Crippen molar-refractivity contribution in [3.8, 4) is 0 Å². The molecule has 1 unspecified atom stereocenters. The monoisotopic (exact) mass is 473 g/mol. The molecular formula is C22H23N3O5S2. The van der Waals surface area contributed by atoms with E-state index < -0.39 is 15.6 Å². The van der Waals surface area contributed by atoms with E-state index in [9.17, 15) is 18.0 Å². The van der Waals surface area contributed by atoms with Gasteiger partial charge in [-0.3, -0.25) is 9.59 Å². The van der Waals surface area contributed by atoms with Gasteiger partial charge in [-0.2, -0.15) is 4.31 Å². The van der Waals surface area contributed by atoms with E-state index in [2.05, 4.69) is 4.98 Å². The van der Waals surface area contributed by atoms with E-state index in [1.807, 2.05) is 17.5 Å². The number of sulfonamides is 1. The third-order valence-corrected chi connectivity index (χ3v) is 8.91. The molecule has 2 aliphatic heterocycles. The average molecular weight is 474 g/mol. The van der Waals surface area contributed by atoms with E-state index in [4.69, 9.17) is 4.74 Å². The Balaban J connectivity index is 1.57. The molecule has 2 aliphatic rings. The Morgan fingerprint density at radius 2 is 1.94 bits per heavy atom. The molecule has 4 heterocycles. The van der Waals surface area contributed by atoms with Gasteiger partial charge < -0.3 is 14.6 Å². The van der Waals surface area contributed by atoms with Crippen molar-refractivity contribution in [2.24, 2.45) is 0 Å². The molecular weight excluding hydrogens is 450 g/mol. The van der Waals surface area contributed by atoms with Crippen molar-refractivity contribution in [2.75, 3.05) is 32.8 Å². The molecule has 0 aliphatic carbocycles. The fourth-order valence-corrected chi connectivity index (χ4v) is 6.76. The summed E-state index contributed by atoms with van der Waals surface area (Å²) in [6.45, 7) is 1.87. The van der Waals surface area contributed by atoms with Crippen molar-refractivity contribution in [3.63, 3.8) is 0 Å². The summed E-state index contributed by atoms with van der Waals surface area (Å²) in [6.07, 6.45) is 1.75. The third-order valence-electron chi connectivity index (χ3n) is 6.04. The highest BCUT2D eigenvalue weighted by Crippen LogP contribution is 2.36. The minimum absolute atomic E-state index is 0.0305. The number of carbonyl (C=O) groups is 1. The van der Waals surface area contributed by atoms with Crippen LogP contribution in [0.2, 0.25) is 0 Å². The Morgan fingerprint density at radius 3 is 2.69 bits per heavy atom. The van der Waals surface area contributed by atoms with Crippen LogP contribution in [-0.4, -0.2) is 61.4 Å². The predicted octanol–water partition coefficient (Wildman–Crippen LogP) is 2.59. The van der Waals surface area contributed by atoms with Gasteiger partial charge in [0.2, 0.25) is 15.6 Å². The van der Waals surface area contributed by atoms with E-state index >= 15 is 0 Å². The van der Waals surface area contributed by atoms with Gasteiger partial charge in [-0.15, -0.1) is 11.3 Å². The van der Waals surface area contributed by atoms with Crippen LogP contribution in [0, 0.1) is 0 Å². The van der Waals surface area contributed by atoms with Crippen molar-refractivity contribution >= 4 is 38.2 Å². The van der Waals surface area contributed by atoms with Gasteiger partial charge in [0.1, 0.15) is 0 Å². The summed E-state index contributed by atoms with van der Waals surface area (Å²) in [5.41, 5.74) is 0.274. The molecule has 32 heavy (non-hydrogen) atoms. The molecule has 1 atom stereocenters. The number of likely N-dealkylation sites (tertiary alicyclic amines) is 1. The molecule has 1 N–H and O–H groups in total. The highest BCUT2D eigenvalue weighted by molar-refractivity contribution is 7.89. The maximum atomic E-state index is 13.6. The lowest BCUT2D eigenvalue weighted by Crippen LogP contribution is -2.40. The topological polar surface area (TPSA) is 99.8 Å². The number of H-pyrrole nitrogens is 1. The van der Waals surface area contributed by atoms with Crippen LogP contribution in [0.3, 0.4) is 0 Å². The number of aromatic amines is 1. The van der Waals surface area contributed by atoms with E-state index in [0.29, 0.717) is 30.7 Å². The Labute approximate surface area is 189 Å². The number of hydrogen-bond donors (Lipinski definition) is 1. The molecule has 0 radical (unpaired) electrons. The average Bonchev–Trinajstić information content (AvgIpc) is 3.50. The molecule has 2 fully saturated rings. The number of benzene rings is 1. The summed E-state index contributed by atoms with van der Waals surface area (Å²) in [7, 11) is -3.73. The number of hydrogen-bond acceptors (Lipinski definition) is 6. The number of fused-ring (bicyclic) bond motifs is 1. The first-order chi connectivity index (χ1) is 15.4. The van der Waals surface area contributed by atoms with E-state index in [1.54, 1.807) is 22.3 Å². The maximum absolute atomic E-state index is 13.6. The number of morpholine rings is 1. The van der Waals surface area contributed by atoms with Crippen LogP contribution >= 0.6 is 11.3 Å². The van der Waals surface area contributed by atoms with Crippen LogP contribution in [0.4, 0.5) is 0 Å². The smallest absolute Gasteiger partial charge is 0.255 e. The molecule has 10 heteroatoms. The molecule has 168 valence electrons. The Bertz CT molecular complexity index is 1310. The highest BCUT2D eigenvalue weighted by Gasteiger charge is 2.33. The van der Waals surface area contributed by atoms with Crippen molar-refractivity contribution in [1.29, 1.82) is 0 Å². The van der Waals surface area contributed by atoms with Crippen molar-refractivity contribution in [1.82, 2.24) is 14.2 Å². The van der Waals surface area contributed by atoms with Gasteiger partial charge in [0.05, 0.1) is 29.7 Å². The second kappa shape index (κ2) is 8.43. The van der Waals surface area contributed by atoms with Gasteiger partial charge in [0.25, 0.3) is 5.91 Å². The van der Waals surface area contributed by atoms with Crippen LogP contribution in [0.15, 0.2) is 51.5 Å². The van der Waals surface area contributed by atoms with E-state index in [1.165, 1.54) is 22.5 Å². The third kappa shape index (κ3) is 3.77. The number of ether oxygens (including phenoxy) is 1. The predicted molar refractivity (Wildman–Crippen MR) is 121 cm³/mol. The molecule has 1 amide bonds. The first-order valence-corrected chi connectivity index (χ1v) is 12.9. The number of rotatable bonds is 4. The second-order valence-corrected chi connectivity index (χ2v) is 10.9. The number of pyridine rings is 1. The number of nitrogens with zero attached hydrogens (tertiary/aromatic N) is 2. The van der Waals surface area contributed by atoms with E-state index in [-0.39, 0.29) is 35.5 Å². The summed E-state index contributed by atoms with van der Waals surface area (Å²) in [5.74, 6) is -0.252. The fraction of sp³-hybridized carbons (Fsp3) is 0.364. The molecule has 0 bridgehead atoms. The summed E-state index contributed by atoms with van der Waals surface area (Å²) in [4.78, 5) is 31.6. The van der Waals surface area contributed by atoms with E-state index in [0.717, 1.165) is 17.7 Å². The SMILES string of the molecule is O=C(c1cc(=O)[nH]c2ccc(S(=O)(=O)N3CCOCC3)cc12)N1CCCC1c1cccs1. The number of thiophene rings is 1. The number of nitrogens with one attached hydrogen (secondary N) is 1. The second-order valence-electron chi connectivity index (χ2n) is 7.94. The summed E-state index contributed by atoms with van der Waals surface area (Å²) in [5, 5.41) is 2.42. The Morgan fingerprint density at radius 1 is 1.12 bits per heavy atom. The first-order valence-electron chi connectivity index (χ1n) is 10.5. The van der Waals surface area contributed by atoms with Crippen LogP contribution in [-0.2, 0) is 14.8 Å². The Kier molecular flexibility index (Phi) is 5.62. The number of amides is 1. The highest BCUT2D eigenvalue weighted by atomic mass is 32.2. The summed E-state index contributed by atoms with van der Waals surface area (Å²) < 4.78 is 32.9. The van der Waals surface area contributed by atoms with Crippen molar-refractivity contribution in [2.45, 2.75) is 23.8 Å². The van der Waals surface area contributed by atoms with Crippen LogP contribution in [0.1, 0.15) is 34.1 Å². The van der Waals surface area contributed by atoms with Gasteiger partial charge in [0.15, 0.2) is 0 Å². The molecule has 8 nitrogen and oxygen atoms in total. The molecule has 3 aromatic rings. The minimum Gasteiger partial charge on any atom is -0.379 e. The zero-order valence-electron chi connectivity index (χ0n) is 17.3. The van der Waals surface area contributed by atoms with Crippen LogP contribution in [0.25, 0.3) is 10.9 Å². The van der Waals surface area contributed by atoms with Crippen molar-refractivity contribution < 1.29 is 17.9 Å². The Hall–Kier alpha value is -2.53. The van der Waals surface area contributed by atoms with Crippen LogP contribution < -0.4 is 5.56 Å². The fourth-order valence-electron chi connectivity index (χ4n) is 4.45. The first kappa shape index (κ1) is 21.3. The largest absolute Gasteiger partial charge is 0.379 e. The van der Waals surface area contributed by atoms with Gasteiger partial charge in [0, 0.05) is 41.5 Å². The lowest BCUT2D eigenvalue weighted by molar-refractivity contribution is 0.0730. The zero-order valence-corrected chi connectivity index (χ0v) is 19.0. The number of aromatic nitrogens is 1. The molecule has 2 aromatic heterocycles. The summed E-state index contributed by atoms with van der Waals surface area (Å²) >= 11 is 1.61. The molecule has 0 spiro atoms. The molecule has 5 rings (SSSR count). The van der Waals surface area contributed by atoms with Crippen LogP contribution in [0.5, 0.6) is 0 Å². The molecule has 0 saturated carbocycles. The number of carbonyl (C=O) groups excluding carboxylic acids is 1. The lowest BCUT2D eigenvalue weighted by atomic mass is 10.1. The normalized spacial score (nSPS) is 20.1. The van der Waals surface area contributed by atoms with Gasteiger partial charge in [-0.05, 0) is 42.5 Å². The quantitative estimate of drug-likeness (QED) is 0.628. The maximum Gasteiger partial charge on any atom is 0.255 e. The molecule has 2 saturated heterocycles. The standard InChI is InChI=1S/C22H23N3O5S2/c26-21-14-17(22(27)25-7-1-3-19(25)20-4-2-12-31-20)16-13-15(5-6-18(16)23-21)32(28,29)24-8-10-30-11-9-24/h2,4-6,12-14,19H,1,3,7-11H2,(H,23,26). The van der Waals surface area contributed by atoms with Gasteiger partial charge in [-0.25, -0.2) is 8.42 Å². The summed E-state index contributed by atoms with van der Waals surface area (Å²) in [6, 6.07) is 9.76. The van der Waals surface area contributed by atoms with Gasteiger partial charge in [-0.1, -0.05) is 6.07 Å². The van der Waals surface area contributed by atoms with Crippen molar-refractivity contribution in [3.05, 3.63) is 62.6 Å². The zero-order chi connectivity index (χ0) is 22.3. The molecule has 1 aromatic carbocycles. The minimum atomic E-state index is -3.73. The lowest BCUT2D eigenvalue weighted by Gasteiger charge is -2.26.